The van der Waals surface area contributed by atoms with Crippen LogP contribution in [0.2, 0.25) is 0 Å². The van der Waals surface area contributed by atoms with Crippen molar-refractivity contribution in [1.29, 1.82) is 0 Å². The predicted molar refractivity (Wildman–Crippen MR) is 91.1 cm³/mol. The first kappa shape index (κ1) is 16.2. The van der Waals surface area contributed by atoms with Gasteiger partial charge in [0.25, 0.3) is 0 Å². The van der Waals surface area contributed by atoms with Crippen LogP contribution in [0.3, 0.4) is 0 Å². The van der Waals surface area contributed by atoms with Crippen molar-refractivity contribution in [1.82, 2.24) is 15.0 Å². The normalized spacial score (nSPS) is 15.9. The van der Waals surface area contributed by atoms with Gasteiger partial charge < -0.3 is 5.11 Å². The Morgan fingerprint density at radius 2 is 1.96 bits per heavy atom. The van der Waals surface area contributed by atoms with E-state index in [0.29, 0.717) is 0 Å². The molecule has 3 rings (SSSR count). The van der Waals surface area contributed by atoms with Crippen molar-refractivity contribution in [2.45, 2.75) is 65.0 Å². The van der Waals surface area contributed by atoms with Crippen molar-refractivity contribution in [3.63, 3.8) is 0 Å². The van der Waals surface area contributed by atoms with Gasteiger partial charge in [-0.3, -0.25) is 0 Å². The Bertz CT molecular complexity index is 629. The topological polar surface area (TPSA) is 50.9 Å². The Kier molecular flexibility index (Phi) is 5.44. The number of hydrogen-bond acceptors (Lipinski definition) is 3. The summed E-state index contributed by atoms with van der Waals surface area (Å²) in [6, 6.07) is 8.39. The van der Waals surface area contributed by atoms with Gasteiger partial charge in [0.05, 0.1) is 18.8 Å². The Morgan fingerprint density at radius 3 is 2.70 bits per heavy atom. The minimum Gasteiger partial charge on any atom is -0.390 e. The van der Waals surface area contributed by atoms with Crippen LogP contribution in [-0.4, -0.2) is 20.1 Å². The molecule has 0 unspecified atom stereocenters. The molecule has 1 saturated carbocycles. The van der Waals surface area contributed by atoms with Crippen LogP contribution in [0.4, 0.5) is 0 Å². The van der Waals surface area contributed by atoms with E-state index in [2.05, 4.69) is 41.5 Å². The van der Waals surface area contributed by atoms with Gasteiger partial charge in [-0.05, 0) is 36.8 Å². The van der Waals surface area contributed by atoms with E-state index in [4.69, 9.17) is 0 Å². The van der Waals surface area contributed by atoms with Crippen LogP contribution in [0.1, 0.15) is 61.0 Å². The zero-order valence-corrected chi connectivity index (χ0v) is 14.0. The number of aliphatic hydroxyl groups is 1. The van der Waals surface area contributed by atoms with Crippen molar-refractivity contribution < 1.29 is 5.11 Å². The quantitative estimate of drug-likeness (QED) is 0.886. The monoisotopic (exact) mass is 313 g/mol. The second-order valence-electron chi connectivity index (χ2n) is 6.77. The summed E-state index contributed by atoms with van der Waals surface area (Å²) in [5.41, 5.74) is 4.39. The van der Waals surface area contributed by atoms with E-state index in [-0.39, 0.29) is 6.61 Å². The first-order valence-electron chi connectivity index (χ1n) is 8.84. The van der Waals surface area contributed by atoms with Crippen LogP contribution in [0, 0.1) is 12.8 Å². The molecule has 0 saturated heterocycles. The minimum atomic E-state index is -0.0201. The average molecular weight is 313 g/mol. The van der Waals surface area contributed by atoms with Crippen LogP contribution >= 0.6 is 0 Å². The van der Waals surface area contributed by atoms with Crippen molar-refractivity contribution >= 4 is 0 Å². The molecular formula is C19H27N3O. The van der Waals surface area contributed by atoms with Gasteiger partial charge in [-0.25, -0.2) is 4.68 Å². The van der Waals surface area contributed by atoms with Gasteiger partial charge in [0.15, 0.2) is 0 Å². The number of aryl methyl sites for hydroxylation is 1. The zero-order valence-electron chi connectivity index (χ0n) is 14.0. The average Bonchev–Trinajstić information content (AvgIpc) is 2.98. The van der Waals surface area contributed by atoms with E-state index in [1.807, 2.05) is 4.68 Å². The van der Waals surface area contributed by atoms with Crippen LogP contribution in [0.25, 0.3) is 0 Å². The van der Waals surface area contributed by atoms with E-state index in [0.717, 1.165) is 30.3 Å². The molecular weight excluding hydrogens is 286 g/mol. The summed E-state index contributed by atoms with van der Waals surface area (Å²) in [6.45, 7) is 2.84. The number of aromatic nitrogens is 3. The molecule has 1 aliphatic carbocycles. The van der Waals surface area contributed by atoms with Crippen molar-refractivity contribution in [3.8, 4) is 0 Å². The predicted octanol–water partition coefficient (Wildman–Crippen LogP) is 3.64. The molecule has 1 heterocycles. The molecule has 1 fully saturated rings. The van der Waals surface area contributed by atoms with E-state index in [1.165, 1.54) is 49.7 Å². The molecule has 1 aliphatic rings. The fraction of sp³-hybridized carbons (Fsp3) is 0.579. The van der Waals surface area contributed by atoms with Gasteiger partial charge in [-0.2, -0.15) is 0 Å². The lowest BCUT2D eigenvalue weighted by atomic mass is 9.85. The fourth-order valence-electron chi connectivity index (χ4n) is 3.66. The summed E-state index contributed by atoms with van der Waals surface area (Å²) in [6.07, 6.45) is 9.01. The summed E-state index contributed by atoms with van der Waals surface area (Å²) in [5.74, 6) is 0.831. The third-order valence-corrected chi connectivity index (χ3v) is 5.16. The molecule has 2 aromatic rings. The molecule has 4 heteroatoms. The van der Waals surface area contributed by atoms with Crippen LogP contribution < -0.4 is 0 Å². The molecule has 0 aliphatic heterocycles. The molecule has 23 heavy (non-hydrogen) atoms. The first-order chi connectivity index (χ1) is 11.3. The highest BCUT2D eigenvalue weighted by atomic mass is 16.3. The lowest BCUT2D eigenvalue weighted by Gasteiger charge is -2.21. The fourth-order valence-corrected chi connectivity index (χ4v) is 3.66. The number of hydrogen-bond donors (Lipinski definition) is 1. The molecule has 0 spiro atoms. The van der Waals surface area contributed by atoms with E-state index in [9.17, 15) is 5.11 Å². The minimum absolute atomic E-state index is 0.0201. The molecule has 1 N–H and O–H groups in total. The highest BCUT2D eigenvalue weighted by molar-refractivity contribution is 5.26. The Labute approximate surface area is 138 Å². The summed E-state index contributed by atoms with van der Waals surface area (Å²) in [5, 5.41) is 18.1. The summed E-state index contributed by atoms with van der Waals surface area (Å²) >= 11 is 0. The highest BCUT2D eigenvalue weighted by Gasteiger charge is 2.17. The molecule has 0 atom stereocenters. The molecule has 0 amide bonds. The largest absolute Gasteiger partial charge is 0.390 e. The molecule has 4 nitrogen and oxygen atoms in total. The van der Waals surface area contributed by atoms with Gasteiger partial charge in [-0.15, -0.1) is 5.10 Å². The molecule has 124 valence electrons. The Hall–Kier alpha value is -1.68. The summed E-state index contributed by atoms with van der Waals surface area (Å²) in [7, 11) is 0. The maximum atomic E-state index is 9.57. The van der Waals surface area contributed by atoms with Crippen LogP contribution in [0.5, 0.6) is 0 Å². The van der Waals surface area contributed by atoms with Crippen molar-refractivity contribution in [2.75, 3.05) is 0 Å². The Balaban J connectivity index is 1.73. The lowest BCUT2D eigenvalue weighted by Crippen LogP contribution is -2.12. The molecule has 0 radical (unpaired) electrons. The summed E-state index contributed by atoms with van der Waals surface area (Å²) in [4.78, 5) is 0. The zero-order chi connectivity index (χ0) is 16.1. The SMILES string of the molecule is Cc1ccccc1Cn1nnc(CO)c1CCC1CCCCC1. The highest BCUT2D eigenvalue weighted by Crippen LogP contribution is 2.28. The lowest BCUT2D eigenvalue weighted by molar-refractivity contribution is 0.274. The van der Waals surface area contributed by atoms with Gasteiger partial charge in [0, 0.05) is 0 Å². The van der Waals surface area contributed by atoms with Gasteiger partial charge in [0.1, 0.15) is 5.69 Å². The summed E-state index contributed by atoms with van der Waals surface area (Å²) < 4.78 is 1.98. The maximum Gasteiger partial charge on any atom is 0.111 e. The second-order valence-corrected chi connectivity index (χ2v) is 6.77. The number of rotatable bonds is 6. The third-order valence-electron chi connectivity index (χ3n) is 5.16. The maximum absolute atomic E-state index is 9.57. The van der Waals surface area contributed by atoms with E-state index < -0.39 is 0 Å². The Morgan fingerprint density at radius 1 is 1.17 bits per heavy atom. The van der Waals surface area contributed by atoms with Crippen molar-refractivity contribution in [3.05, 3.63) is 46.8 Å². The second kappa shape index (κ2) is 7.73. The number of aliphatic hydroxyl groups excluding tert-OH is 1. The van der Waals surface area contributed by atoms with E-state index in [1.54, 1.807) is 0 Å². The number of benzene rings is 1. The van der Waals surface area contributed by atoms with Crippen LogP contribution in [0.15, 0.2) is 24.3 Å². The van der Waals surface area contributed by atoms with Gasteiger partial charge in [-0.1, -0.05) is 61.6 Å². The third kappa shape index (κ3) is 3.99. The standard InChI is InChI=1S/C19H27N3O/c1-15-7-5-6-10-17(15)13-22-19(18(14-23)20-21-22)12-11-16-8-3-2-4-9-16/h5-7,10,16,23H,2-4,8-9,11-14H2,1H3. The smallest absolute Gasteiger partial charge is 0.111 e. The first-order valence-corrected chi connectivity index (χ1v) is 8.84. The molecule has 1 aromatic carbocycles. The van der Waals surface area contributed by atoms with Gasteiger partial charge >= 0.3 is 0 Å². The van der Waals surface area contributed by atoms with Crippen LogP contribution in [-0.2, 0) is 19.6 Å². The molecule has 1 aromatic heterocycles. The van der Waals surface area contributed by atoms with Gasteiger partial charge in [0.2, 0.25) is 0 Å². The van der Waals surface area contributed by atoms with Crippen molar-refractivity contribution in [2.24, 2.45) is 5.92 Å². The molecule has 0 bridgehead atoms. The number of nitrogens with zero attached hydrogens (tertiary/aromatic N) is 3. The van der Waals surface area contributed by atoms with E-state index >= 15 is 0 Å².